The van der Waals surface area contributed by atoms with Gasteiger partial charge in [0.2, 0.25) is 5.78 Å². The van der Waals surface area contributed by atoms with Crippen molar-refractivity contribution in [1.29, 1.82) is 0 Å². The van der Waals surface area contributed by atoms with Crippen molar-refractivity contribution < 1.29 is 23.1 Å². The van der Waals surface area contributed by atoms with E-state index in [1.54, 1.807) is 0 Å². The highest BCUT2D eigenvalue weighted by Crippen LogP contribution is 2.25. The van der Waals surface area contributed by atoms with Crippen molar-refractivity contribution in [2.24, 2.45) is 0 Å². The second-order valence-electron chi connectivity index (χ2n) is 2.87. The molecule has 0 amide bonds. The predicted octanol–water partition coefficient (Wildman–Crippen LogP) is 2.83. The van der Waals surface area contributed by atoms with Crippen molar-refractivity contribution in [1.82, 2.24) is 0 Å². The fourth-order valence-corrected chi connectivity index (χ4v) is 1.36. The molecule has 0 saturated heterocycles. The zero-order valence-electron chi connectivity index (χ0n) is 7.31. The molecule has 0 aromatic heterocycles. The van der Waals surface area contributed by atoms with Crippen LogP contribution >= 0.6 is 15.9 Å². The Bertz CT molecular complexity index is 387. The topological polar surface area (TPSA) is 37.3 Å². The van der Waals surface area contributed by atoms with Crippen LogP contribution in [0.25, 0.3) is 0 Å². The third kappa shape index (κ3) is 3.23. The number of aromatic hydroxyl groups is 1. The van der Waals surface area contributed by atoms with Gasteiger partial charge in [-0.3, -0.25) is 4.79 Å². The quantitative estimate of drug-likeness (QED) is 0.906. The molecule has 0 spiro atoms. The predicted molar refractivity (Wildman–Crippen MR) is 50.6 cm³/mol. The Balaban J connectivity index is 2.90. The van der Waals surface area contributed by atoms with Gasteiger partial charge >= 0.3 is 6.18 Å². The van der Waals surface area contributed by atoms with Crippen LogP contribution in [0.2, 0.25) is 0 Å². The summed E-state index contributed by atoms with van der Waals surface area (Å²) in [6.07, 6.45) is -5.62. The summed E-state index contributed by atoms with van der Waals surface area (Å²) in [5.41, 5.74) is 0.109. The van der Waals surface area contributed by atoms with Crippen LogP contribution < -0.4 is 0 Å². The van der Waals surface area contributed by atoms with Crippen LogP contribution in [0.1, 0.15) is 5.56 Å². The van der Waals surface area contributed by atoms with Crippen LogP contribution in [-0.4, -0.2) is 17.1 Å². The van der Waals surface area contributed by atoms with Crippen LogP contribution in [0.5, 0.6) is 5.75 Å². The molecule has 1 N–H and O–H groups in total. The largest absolute Gasteiger partial charge is 0.508 e. The molecule has 0 saturated carbocycles. The highest BCUT2D eigenvalue weighted by atomic mass is 79.9. The first-order valence-electron chi connectivity index (χ1n) is 3.88. The van der Waals surface area contributed by atoms with Crippen molar-refractivity contribution in [3.05, 3.63) is 28.2 Å². The van der Waals surface area contributed by atoms with E-state index in [0.29, 0.717) is 4.47 Å². The number of carbonyl (C=O) groups is 1. The van der Waals surface area contributed by atoms with Crippen LogP contribution in [0.3, 0.4) is 0 Å². The molecule has 0 atom stereocenters. The van der Waals surface area contributed by atoms with Gasteiger partial charge in [-0.1, -0.05) is 15.9 Å². The van der Waals surface area contributed by atoms with Gasteiger partial charge in [-0.05, 0) is 23.8 Å². The molecule has 0 unspecified atom stereocenters. The molecule has 15 heavy (non-hydrogen) atoms. The summed E-state index contributed by atoms with van der Waals surface area (Å²) in [6, 6.07) is 3.81. The molecule has 0 heterocycles. The smallest absolute Gasteiger partial charge is 0.450 e. The van der Waals surface area contributed by atoms with Gasteiger partial charge < -0.3 is 5.11 Å². The van der Waals surface area contributed by atoms with E-state index >= 15 is 0 Å². The van der Waals surface area contributed by atoms with Gasteiger partial charge in [-0.25, -0.2) is 0 Å². The minimum atomic E-state index is -4.84. The van der Waals surface area contributed by atoms with E-state index in [1.165, 1.54) is 12.1 Å². The van der Waals surface area contributed by atoms with Crippen LogP contribution in [0.4, 0.5) is 13.2 Å². The van der Waals surface area contributed by atoms with E-state index in [0.717, 1.165) is 6.07 Å². The summed E-state index contributed by atoms with van der Waals surface area (Å²) in [7, 11) is 0. The fraction of sp³-hybridized carbons (Fsp3) is 0.222. The van der Waals surface area contributed by atoms with E-state index < -0.39 is 18.4 Å². The number of rotatable bonds is 2. The Kier molecular flexibility index (Phi) is 3.38. The molecule has 1 aromatic carbocycles. The van der Waals surface area contributed by atoms with E-state index in [2.05, 4.69) is 15.9 Å². The normalized spacial score (nSPS) is 11.5. The zero-order valence-corrected chi connectivity index (χ0v) is 8.89. The SMILES string of the molecule is O=C(Cc1cc(O)ccc1Br)C(F)(F)F. The highest BCUT2D eigenvalue weighted by molar-refractivity contribution is 9.10. The summed E-state index contributed by atoms with van der Waals surface area (Å²) < 4.78 is 36.2. The number of halogens is 4. The lowest BCUT2D eigenvalue weighted by atomic mass is 10.1. The molecule has 6 heteroatoms. The number of hydrogen-bond acceptors (Lipinski definition) is 2. The van der Waals surface area contributed by atoms with Crippen molar-refractivity contribution >= 4 is 21.7 Å². The van der Waals surface area contributed by atoms with Gasteiger partial charge in [0.1, 0.15) is 5.75 Å². The lowest BCUT2D eigenvalue weighted by Crippen LogP contribution is -2.24. The van der Waals surface area contributed by atoms with E-state index in [9.17, 15) is 18.0 Å². The Morgan fingerprint density at radius 2 is 2.00 bits per heavy atom. The van der Waals surface area contributed by atoms with Gasteiger partial charge in [-0.2, -0.15) is 13.2 Å². The van der Waals surface area contributed by atoms with Gasteiger partial charge in [0.15, 0.2) is 0 Å². The molecule has 0 aliphatic rings. The number of hydrogen-bond donors (Lipinski definition) is 1. The first-order valence-corrected chi connectivity index (χ1v) is 4.67. The first-order chi connectivity index (χ1) is 6.80. The summed E-state index contributed by atoms with van der Waals surface area (Å²) in [5, 5.41) is 9.04. The van der Waals surface area contributed by atoms with Gasteiger partial charge in [0.25, 0.3) is 0 Å². The summed E-state index contributed by atoms with van der Waals surface area (Å²) in [5.74, 6) is -2.02. The van der Waals surface area contributed by atoms with Gasteiger partial charge in [0.05, 0.1) is 0 Å². The molecular weight excluding hydrogens is 277 g/mol. The zero-order chi connectivity index (χ0) is 11.6. The number of phenols is 1. The van der Waals surface area contributed by atoms with Crippen LogP contribution in [-0.2, 0) is 11.2 Å². The van der Waals surface area contributed by atoms with Gasteiger partial charge in [-0.15, -0.1) is 0 Å². The number of benzene rings is 1. The number of ketones is 1. The lowest BCUT2D eigenvalue weighted by Gasteiger charge is -2.07. The Labute approximate surface area is 91.8 Å². The molecule has 0 aliphatic carbocycles. The average Bonchev–Trinajstić information content (AvgIpc) is 2.09. The van der Waals surface area contributed by atoms with Crippen LogP contribution in [0.15, 0.2) is 22.7 Å². The molecule has 82 valence electrons. The molecule has 0 radical (unpaired) electrons. The van der Waals surface area contributed by atoms with Gasteiger partial charge in [0, 0.05) is 10.9 Å². The summed E-state index contributed by atoms with van der Waals surface area (Å²) in [6.45, 7) is 0. The number of carbonyl (C=O) groups excluding carboxylic acids is 1. The van der Waals surface area contributed by atoms with E-state index in [-0.39, 0.29) is 11.3 Å². The van der Waals surface area contributed by atoms with E-state index in [4.69, 9.17) is 5.11 Å². The highest BCUT2D eigenvalue weighted by Gasteiger charge is 2.38. The number of alkyl halides is 3. The Morgan fingerprint density at radius 3 is 2.53 bits per heavy atom. The lowest BCUT2D eigenvalue weighted by molar-refractivity contribution is -0.170. The third-order valence-corrected chi connectivity index (χ3v) is 2.47. The molecule has 0 bridgehead atoms. The second kappa shape index (κ2) is 4.22. The summed E-state index contributed by atoms with van der Waals surface area (Å²) >= 11 is 2.99. The van der Waals surface area contributed by atoms with Crippen LogP contribution in [0, 0.1) is 0 Å². The van der Waals surface area contributed by atoms with E-state index in [1.807, 2.05) is 0 Å². The second-order valence-corrected chi connectivity index (χ2v) is 3.73. The third-order valence-electron chi connectivity index (χ3n) is 1.70. The maximum absolute atomic E-state index is 11.9. The maximum Gasteiger partial charge on any atom is 0.450 e. The summed E-state index contributed by atoms with van der Waals surface area (Å²) in [4.78, 5) is 10.7. The minimum Gasteiger partial charge on any atom is -0.508 e. The Morgan fingerprint density at radius 1 is 1.40 bits per heavy atom. The molecule has 1 rings (SSSR count). The molecule has 1 aromatic rings. The molecule has 0 fully saturated rings. The van der Waals surface area contributed by atoms with Crippen molar-refractivity contribution in [3.8, 4) is 5.75 Å². The average molecular weight is 283 g/mol. The standard InChI is InChI=1S/C9H6BrF3O2/c10-7-2-1-6(14)3-5(7)4-8(15)9(11,12)13/h1-3,14H,4H2. The fourth-order valence-electron chi connectivity index (χ4n) is 0.970. The monoisotopic (exact) mass is 282 g/mol. The maximum atomic E-state index is 11.9. The Hall–Kier alpha value is -1.04. The molecule has 0 aliphatic heterocycles. The van der Waals surface area contributed by atoms with Crippen molar-refractivity contribution in [3.63, 3.8) is 0 Å². The first kappa shape index (κ1) is 12.0. The molecular formula is C9H6BrF3O2. The van der Waals surface area contributed by atoms with Crippen molar-refractivity contribution in [2.75, 3.05) is 0 Å². The minimum absolute atomic E-state index is 0.109. The van der Waals surface area contributed by atoms with Crippen molar-refractivity contribution in [2.45, 2.75) is 12.6 Å². The molecule has 2 nitrogen and oxygen atoms in total. The number of phenolic OH excluding ortho intramolecular Hbond substituents is 1. The number of Topliss-reactive ketones (excluding diaryl/α,β-unsaturated/α-hetero) is 1.